The molecule has 0 heterocycles. The third-order valence-electron chi connectivity index (χ3n) is 1.74. The van der Waals surface area contributed by atoms with Crippen LogP contribution in [0.5, 0.6) is 0 Å². The SMILES string of the molecule is N[C@H](CCO)c1ccccc1F. The largest absolute Gasteiger partial charge is 0.396 e. The van der Waals surface area contributed by atoms with E-state index in [9.17, 15) is 4.39 Å². The number of aliphatic hydroxyl groups is 1. The lowest BCUT2D eigenvalue weighted by atomic mass is 10.0. The van der Waals surface area contributed by atoms with Crippen LogP contribution in [-0.2, 0) is 0 Å². The molecule has 0 saturated carbocycles. The fraction of sp³-hybridized carbons (Fsp3) is 0.333. The average molecular weight is 169 g/mol. The Labute approximate surface area is 70.8 Å². The van der Waals surface area contributed by atoms with Crippen LogP contribution in [0.2, 0.25) is 0 Å². The molecule has 3 heteroatoms. The normalized spacial score (nSPS) is 12.9. The van der Waals surface area contributed by atoms with Gasteiger partial charge in [-0.05, 0) is 12.5 Å². The first-order chi connectivity index (χ1) is 5.75. The lowest BCUT2D eigenvalue weighted by molar-refractivity contribution is 0.275. The number of rotatable bonds is 3. The summed E-state index contributed by atoms with van der Waals surface area (Å²) in [7, 11) is 0. The van der Waals surface area contributed by atoms with Crippen LogP contribution in [0, 0.1) is 5.82 Å². The van der Waals surface area contributed by atoms with Crippen molar-refractivity contribution < 1.29 is 9.50 Å². The van der Waals surface area contributed by atoms with Crippen molar-refractivity contribution in [2.75, 3.05) is 6.61 Å². The number of halogens is 1. The van der Waals surface area contributed by atoms with Crippen molar-refractivity contribution in [3.63, 3.8) is 0 Å². The van der Waals surface area contributed by atoms with E-state index in [1.165, 1.54) is 6.07 Å². The standard InChI is InChI=1S/C9H12FNO/c10-8-4-2-1-3-7(8)9(11)5-6-12/h1-4,9,12H,5-6,11H2/t9-/m1/s1. The van der Waals surface area contributed by atoms with E-state index in [0.717, 1.165) is 0 Å². The summed E-state index contributed by atoms with van der Waals surface area (Å²) in [4.78, 5) is 0. The molecule has 3 N–H and O–H groups in total. The summed E-state index contributed by atoms with van der Waals surface area (Å²) in [5.74, 6) is -0.307. The minimum Gasteiger partial charge on any atom is -0.396 e. The first-order valence-corrected chi connectivity index (χ1v) is 3.86. The first kappa shape index (κ1) is 9.16. The maximum atomic E-state index is 13.0. The summed E-state index contributed by atoms with van der Waals surface area (Å²) in [6.07, 6.45) is 0.390. The fourth-order valence-electron chi connectivity index (χ4n) is 1.07. The first-order valence-electron chi connectivity index (χ1n) is 3.86. The number of nitrogens with two attached hydrogens (primary N) is 1. The number of benzene rings is 1. The summed E-state index contributed by atoms with van der Waals surface area (Å²) in [6.45, 7) is -0.0184. The van der Waals surface area contributed by atoms with E-state index < -0.39 is 6.04 Å². The van der Waals surface area contributed by atoms with E-state index in [1.807, 2.05) is 0 Å². The summed E-state index contributed by atoms with van der Waals surface area (Å²) in [6, 6.07) is 5.94. The van der Waals surface area contributed by atoms with E-state index in [2.05, 4.69) is 0 Å². The van der Waals surface area contributed by atoms with Gasteiger partial charge in [-0.3, -0.25) is 0 Å². The average Bonchev–Trinajstić information content (AvgIpc) is 2.05. The molecule has 1 aromatic carbocycles. The van der Waals surface area contributed by atoms with Gasteiger partial charge in [0.2, 0.25) is 0 Å². The topological polar surface area (TPSA) is 46.2 Å². The van der Waals surface area contributed by atoms with Crippen molar-refractivity contribution in [3.05, 3.63) is 35.6 Å². The molecule has 1 atom stereocenters. The Morgan fingerprint density at radius 3 is 2.67 bits per heavy atom. The van der Waals surface area contributed by atoms with Gasteiger partial charge in [-0.25, -0.2) is 4.39 Å². The molecule has 0 amide bonds. The summed E-state index contributed by atoms with van der Waals surface area (Å²) < 4.78 is 13.0. The fourth-order valence-corrected chi connectivity index (χ4v) is 1.07. The van der Waals surface area contributed by atoms with Gasteiger partial charge in [0.25, 0.3) is 0 Å². The maximum absolute atomic E-state index is 13.0. The second-order valence-corrected chi connectivity index (χ2v) is 2.64. The van der Waals surface area contributed by atoms with Crippen LogP contribution in [0.1, 0.15) is 18.0 Å². The van der Waals surface area contributed by atoms with E-state index in [4.69, 9.17) is 10.8 Å². The highest BCUT2D eigenvalue weighted by Crippen LogP contribution is 2.16. The third-order valence-corrected chi connectivity index (χ3v) is 1.74. The molecule has 0 unspecified atom stereocenters. The Morgan fingerprint density at radius 1 is 1.42 bits per heavy atom. The van der Waals surface area contributed by atoms with Gasteiger partial charge in [0.05, 0.1) is 0 Å². The van der Waals surface area contributed by atoms with Crippen LogP contribution in [0.3, 0.4) is 0 Å². The molecule has 1 aromatic rings. The summed E-state index contributed by atoms with van der Waals surface area (Å²) in [5.41, 5.74) is 6.07. The molecule has 0 spiro atoms. The Kier molecular flexibility index (Phi) is 3.19. The van der Waals surface area contributed by atoms with Gasteiger partial charge in [0.15, 0.2) is 0 Å². The van der Waals surface area contributed by atoms with Crippen molar-refractivity contribution in [1.82, 2.24) is 0 Å². The van der Waals surface area contributed by atoms with Gasteiger partial charge in [-0.1, -0.05) is 18.2 Å². The zero-order valence-corrected chi connectivity index (χ0v) is 6.70. The summed E-state index contributed by atoms with van der Waals surface area (Å²) in [5, 5.41) is 8.59. The van der Waals surface area contributed by atoms with Crippen molar-refractivity contribution in [1.29, 1.82) is 0 Å². The number of aliphatic hydroxyl groups excluding tert-OH is 1. The van der Waals surface area contributed by atoms with Gasteiger partial charge in [0, 0.05) is 18.2 Å². The van der Waals surface area contributed by atoms with Crippen molar-refractivity contribution in [3.8, 4) is 0 Å². The van der Waals surface area contributed by atoms with Crippen LogP contribution in [0.25, 0.3) is 0 Å². The quantitative estimate of drug-likeness (QED) is 0.714. The molecule has 0 fully saturated rings. The molecule has 0 aliphatic carbocycles. The van der Waals surface area contributed by atoms with Crippen LogP contribution < -0.4 is 5.73 Å². The number of hydrogen-bond acceptors (Lipinski definition) is 2. The molecular weight excluding hydrogens is 157 g/mol. The monoisotopic (exact) mass is 169 g/mol. The van der Waals surface area contributed by atoms with Crippen LogP contribution in [-0.4, -0.2) is 11.7 Å². The second-order valence-electron chi connectivity index (χ2n) is 2.64. The highest BCUT2D eigenvalue weighted by atomic mass is 19.1. The van der Waals surface area contributed by atoms with Crippen LogP contribution >= 0.6 is 0 Å². The van der Waals surface area contributed by atoms with Crippen LogP contribution in [0.15, 0.2) is 24.3 Å². The zero-order chi connectivity index (χ0) is 8.97. The van der Waals surface area contributed by atoms with Crippen LogP contribution in [0.4, 0.5) is 4.39 Å². The predicted molar refractivity (Wildman–Crippen MR) is 45.0 cm³/mol. The van der Waals surface area contributed by atoms with Gasteiger partial charge in [-0.2, -0.15) is 0 Å². The van der Waals surface area contributed by atoms with Crippen molar-refractivity contribution in [2.45, 2.75) is 12.5 Å². The summed E-state index contributed by atoms with van der Waals surface area (Å²) >= 11 is 0. The zero-order valence-electron chi connectivity index (χ0n) is 6.70. The van der Waals surface area contributed by atoms with E-state index in [1.54, 1.807) is 18.2 Å². The highest BCUT2D eigenvalue weighted by molar-refractivity contribution is 5.20. The Bertz CT molecular complexity index is 252. The highest BCUT2D eigenvalue weighted by Gasteiger charge is 2.08. The molecule has 1 rings (SSSR count). The molecular formula is C9H12FNO. The Morgan fingerprint density at radius 2 is 2.08 bits per heavy atom. The molecule has 66 valence electrons. The van der Waals surface area contributed by atoms with Gasteiger partial charge < -0.3 is 10.8 Å². The van der Waals surface area contributed by atoms with Gasteiger partial charge in [0.1, 0.15) is 5.82 Å². The lowest BCUT2D eigenvalue weighted by Crippen LogP contribution is -2.13. The molecule has 0 radical (unpaired) electrons. The number of hydrogen-bond donors (Lipinski definition) is 2. The van der Waals surface area contributed by atoms with E-state index in [-0.39, 0.29) is 12.4 Å². The second kappa shape index (κ2) is 4.18. The maximum Gasteiger partial charge on any atom is 0.127 e. The lowest BCUT2D eigenvalue weighted by Gasteiger charge is -2.10. The molecule has 0 saturated heterocycles. The smallest absolute Gasteiger partial charge is 0.127 e. The van der Waals surface area contributed by atoms with E-state index in [0.29, 0.717) is 12.0 Å². The Balaban J connectivity index is 2.79. The van der Waals surface area contributed by atoms with E-state index >= 15 is 0 Å². The van der Waals surface area contributed by atoms with Crippen molar-refractivity contribution in [2.24, 2.45) is 5.73 Å². The predicted octanol–water partition coefficient (Wildman–Crippen LogP) is 1.21. The minimum atomic E-state index is -0.406. The molecule has 12 heavy (non-hydrogen) atoms. The molecule has 0 aliphatic heterocycles. The molecule has 0 aromatic heterocycles. The molecule has 0 aliphatic rings. The third kappa shape index (κ3) is 2.03. The van der Waals surface area contributed by atoms with Gasteiger partial charge in [-0.15, -0.1) is 0 Å². The van der Waals surface area contributed by atoms with Gasteiger partial charge >= 0.3 is 0 Å². The Hall–Kier alpha value is -0.930. The molecule has 0 bridgehead atoms. The minimum absolute atomic E-state index is 0.0184. The van der Waals surface area contributed by atoms with Crippen molar-refractivity contribution >= 4 is 0 Å². The molecule has 2 nitrogen and oxygen atoms in total.